The molecule has 0 saturated carbocycles. The molecule has 2 N–H and O–H groups in total. The number of nitrogens with zero attached hydrogens (tertiary/aromatic N) is 1. The highest BCUT2D eigenvalue weighted by molar-refractivity contribution is 7.18. The van der Waals surface area contributed by atoms with Crippen LogP contribution in [0.3, 0.4) is 0 Å². The number of rotatable bonds is 7. The van der Waals surface area contributed by atoms with Gasteiger partial charge in [0, 0.05) is 17.7 Å². The molecule has 158 valence electrons. The number of carbonyl (C=O) groups excluding carboxylic acids is 1. The number of thiophene rings is 1. The number of ether oxygens (including phenoxy) is 1. The summed E-state index contributed by atoms with van der Waals surface area (Å²) in [7, 11) is 0. The van der Waals surface area contributed by atoms with Gasteiger partial charge in [-0.15, -0.1) is 11.3 Å². The lowest BCUT2D eigenvalue weighted by molar-refractivity contribution is -0.121. The molecule has 2 aromatic heterocycles. The Hall–Kier alpha value is -2.67. The zero-order chi connectivity index (χ0) is 21.1. The van der Waals surface area contributed by atoms with Gasteiger partial charge in [-0.3, -0.25) is 9.59 Å². The first kappa shape index (κ1) is 20.6. The molecule has 1 aliphatic carbocycles. The summed E-state index contributed by atoms with van der Waals surface area (Å²) in [6.07, 6.45) is 3.79. The van der Waals surface area contributed by atoms with Gasteiger partial charge >= 0.3 is 0 Å². The monoisotopic (exact) mass is 425 g/mol. The maximum absolute atomic E-state index is 12.6. The normalized spacial score (nSPS) is 15.7. The first-order valence-corrected chi connectivity index (χ1v) is 11.3. The van der Waals surface area contributed by atoms with E-state index >= 15 is 0 Å². The molecule has 0 bridgehead atoms. The van der Waals surface area contributed by atoms with Gasteiger partial charge in [-0.05, 0) is 49.8 Å². The van der Waals surface area contributed by atoms with Crippen molar-refractivity contribution in [1.82, 2.24) is 15.3 Å². The second kappa shape index (κ2) is 9.00. The van der Waals surface area contributed by atoms with Crippen molar-refractivity contribution >= 4 is 27.5 Å². The Morgan fingerprint density at radius 3 is 2.93 bits per heavy atom. The number of aryl methyl sites for hydroxylation is 3. The second-order valence-electron chi connectivity index (χ2n) is 8.06. The summed E-state index contributed by atoms with van der Waals surface area (Å²) in [6.45, 7) is 5.12. The van der Waals surface area contributed by atoms with E-state index < -0.39 is 0 Å². The minimum Gasteiger partial charge on any atom is -0.492 e. The van der Waals surface area contributed by atoms with Crippen molar-refractivity contribution in [1.29, 1.82) is 0 Å². The number of H-pyrrole nitrogens is 1. The van der Waals surface area contributed by atoms with Crippen LogP contribution in [0.15, 0.2) is 29.1 Å². The molecule has 30 heavy (non-hydrogen) atoms. The number of fused-ring (bicyclic) bond motifs is 3. The topological polar surface area (TPSA) is 84.1 Å². The minimum atomic E-state index is -0.0791. The third kappa shape index (κ3) is 4.73. The zero-order valence-corrected chi connectivity index (χ0v) is 18.2. The molecule has 1 aliphatic rings. The molecule has 2 heterocycles. The Bertz CT molecular complexity index is 1100. The van der Waals surface area contributed by atoms with E-state index in [2.05, 4.69) is 22.2 Å². The predicted molar refractivity (Wildman–Crippen MR) is 119 cm³/mol. The molecule has 1 amide bonds. The van der Waals surface area contributed by atoms with Crippen LogP contribution in [0.5, 0.6) is 5.75 Å². The lowest BCUT2D eigenvalue weighted by Crippen LogP contribution is -2.28. The molecule has 7 heteroatoms. The van der Waals surface area contributed by atoms with Crippen LogP contribution in [0.1, 0.15) is 41.6 Å². The Balaban J connectivity index is 1.29. The Morgan fingerprint density at radius 2 is 2.13 bits per heavy atom. The molecule has 0 saturated heterocycles. The molecule has 3 aromatic rings. The molecular weight excluding hydrogens is 398 g/mol. The maximum atomic E-state index is 12.6. The van der Waals surface area contributed by atoms with Crippen LogP contribution in [0.25, 0.3) is 10.2 Å². The molecule has 6 nitrogen and oxygen atoms in total. The average molecular weight is 426 g/mol. The van der Waals surface area contributed by atoms with Crippen molar-refractivity contribution in [2.75, 3.05) is 13.2 Å². The summed E-state index contributed by atoms with van der Waals surface area (Å²) < 4.78 is 5.61. The van der Waals surface area contributed by atoms with Gasteiger partial charge < -0.3 is 15.0 Å². The fourth-order valence-corrected chi connectivity index (χ4v) is 5.23. The number of aromatic nitrogens is 2. The summed E-state index contributed by atoms with van der Waals surface area (Å²) in [5, 5.41) is 3.60. The molecule has 1 atom stereocenters. The predicted octanol–water partition coefficient (Wildman–Crippen LogP) is 3.55. The van der Waals surface area contributed by atoms with Gasteiger partial charge in [-0.2, -0.15) is 0 Å². The van der Waals surface area contributed by atoms with Crippen LogP contribution in [0.2, 0.25) is 0 Å². The van der Waals surface area contributed by atoms with Crippen LogP contribution in [0.4, 0.5) is 0 Å². The van der Waals surface area contributed by atoms with Gasteiger partial charge in [0.05, 0.1) is 11.9 Å². The highest BCUT2D eigenvalue weighted by Gasteiger charge is 2.23. The van der Waals surface area contributed by atoms with Gasteiger partial charge in [0.1, 0.15) is 23.0 Å². The summed E-state index contributed by atoms with van der Waals surface area (Å²) in [4.78, 5) is 34.4. The van der Waals surface area contributed by atoms with Gasteiger partial charge in [0.25, 0.3) is 5.56 Å². The van der Waals surface area contributed by atoms with Crippen LogP contribution in [0, 0.1) is 12.8 Å². The van der Waals surface area contributed by atoms with Crippen molar-refractivity contribution in [3.63, 3.8) is 0 Å². The number of amides is 1. The number of hydrogen-bond donors (Lipinski definition) is 2. The maximum Gasteiger partial charge on any atom is 0.259 e. The van der Waals surface area contributed by atoms with E-state index in [1.165, 1.54) is 16.0 Å². The van der Waals surface area contributed by atoms with E-state index in [1.54, 1.807) is 11.3 Å². The largest absolute Gasteiger partial charge is 0.492 e. The van der Waals surface area contributed by atoms with Crippen molar-refractivity contribution in [2.24, 2.45) is 5.92 Å². The number of hydrogen-bond acceptors (Lipinski definition) is 5. The van der Waals surface area contributed by atoms with E-state index in [9.17, 15) is 9.59 Å². The smallest absolute Gasteiger partial charge is 0.259 e. The van der Waals surface area contributed by atoms with Gasteiger partial charge in [0.15, 0.2) is 0 Å². The van der Waals surface area contributed by atoms with Crippen molar-refractivity contribution in [3.8, 4) is 5.75 Å². The van der Waals surface area contributed by atoms with E-state index in [0.29, 0.717) is 31.3 Å². The number of nitrogens with one attached hydrogen (secondary N) is 2. The summed E-state index contributed by atoms with van der Waals surface area (Å²) in [5.41, 5.74) is 2.28. The zero-order valence-electron chi connectivity index (χ0n) is 17.4. The van der Waals surface area contributed by atoms with Crippen molar-refractivity contribution in [2.45, 2.75) is 46.0 Å². The quantitative estimate of drug-likeness (QED) is 0.567. The van der Waals surface area contributed by atoms with E-state index in [0.717, 1.165) is 35.2 Å². The minimum absolute atomic E-state index is 0.0750. The Kier molecular flexibility index (Phi) is 6.18. The lowest BCUT2D eigenvalue weighted by Gasteiger charge is -2.17. The van der Waals surface area contributed by atoms with Gasteiger partial charge in [-0.25, -0.2) is 4.98 Å². The first-order chi connectivity index (χ1) is 14.5. The van der Waals surface area contributed by atoms with Crippen LogP contribution in [-0.2, 0) is 24.1 Å². The Morgan fingerprint density at radius 1 is 1.33 bits per heavy atom. The van der Waals surface area contributed by atoms with Crippen molar-refractivity contribution in [3.05, 3.63) is 56.4 Å². The standard InChI is InChI=1S/C23H27N3O3S/c1-14-3-6-16(7-4-14)29-12-11-24-20(27)10-9-19-25-22(28)21-17-8-5-15(2)13-18(17)30-23(21)26-19/h3-4,6-7,15H,5,8-13H2,1-2H3,(H,24,27)(H,25,26,28)/t15-/m1/s1. The number of carbonyl (C=O) groups is 1. The number of aromatic amines is 1. The lowest BCUT2D eigenvalue weighted by atomic mass is 9.89. The van der Waals surface area contributed by atoms with Crippen LogP contribution in [-0.4, -0.2) is 29.0 Å². The molecule has 1 aromatic carbocycles. The molecule has 0 spiro atoms. The Labute approximate surface area is 179 Å². The first-order valence-electron chi connectivity index (χ1n) is 10.5. The highest BCUT2D eigenvalue weighted by Crippen LogP contribution is 2.35. The third-order valence-corrected chi connectivity index (χ3v) is 6.67. The highest BCUT2D eigenvalue weighted by atomic mass is 32.1. The van der Waals surface area contributed by atoms with Crippen LogP contribution >= 0.6 is 11.3 Å². The van der Waals surface area contributed by atoms with E-state index in [1.807, 2.05) is 31.2 Å². The van der Waals surface area contributed by atoms with E-state index in [4.69, 9.17) is 4.74 Å². The van der Waals surface area contributed by atoms with Gasteiger partial charge in [-0.1, -0.05) is 24.6 Å². The van der Waals surface area contributed by atoms with Crippen molar-refractivity contribution < 1.29 is 9.53 Å². The molecule has 0 unspecified atom stereocenters. The number of benzene rings is 1. The average Bonchev–Trinajstić information content (AvgIpc) is 3.08. The summed E-state index contributed by atoms with van der Waals surface area (Å²) in [6, 6.07) is 7.81. The molecule has 0 aliphatic heterocycles. The van der Waals surface area contributed by atoms with Gasteiger partial charge in [0.2, 0.25) is 5.91 Å². The summed E-state index contributed by atoms with van der Waals surface area (Å²) in [5.74, 6) is 1.94. The van der Waals surface area contributed by atoms with Crippen LogP contribution < -0.4 is 15.6 Å². The summed E-state index contributed by atoms with van der Waals surface area (Å²) >= 11 is 1.63. The van der Waals surface area contributed by atoms with E-state index in [-0.39, 0.29) is 17.9 Å². The molecular formula is C23H27N3O3S. The SMILES string of the molecule is Cc1ccc(OCCNC(=O)CCc2nc3sc4c(c3c(=O)[nH]2)CC[C@@H](C)C4)cc1. The second-order valence-corrected chi connectivity index (χ2v) is 9.14. The molecule has 0 radical (unpaired) electrons. The fraction of sp³-hybridized carbons (Fsp3) is 0.435. The molecule has 0 fully saturated rings. The third-order valence-electron chi connectivity index (χ3n) is 5.52. The fourth-order valence-electron chi connectivity index (χ4n) is 3.83. The molecule has 4 rings (SSSR count).